The highest BCUT2D eigenvalue weighted by Crippen LogP contribution is 2.54. The van der Waals surface area contributed by atoms with Gasteiger partial charge in [-0.2, -0.15) is 4.98 Å². The number of rotatable bonds is 2. The Labute approximate surface area is 269 Å². The van der Waals surface area contributed by atoms with E-state index in [2.05, 4.69) is 24.9 Å². The van der Waals surface area contributed by atoms with Gasteiger partial charge in [-0.15, -0.1) is 0 Å². The van der Waals surface area contributed by atoms with Crippen LogP contribution >= 0.6 is 24.8 Å². The zero-order valence-corrected chi connectivity index (χ0v) is 26.9. The van der Waals surface area contributed by atoms with Crippen LogP contribution in [0.5, 0.6) is 0 Å². The molecule has 0 spiro atoms. The highest BCUT2D eigenvalue weighted by Gasteiger charge is 2.53. The molecule has 9 N–H and O–H groups in total. The highest BCUT2D eigenvalue weighted by atomic mass is 32.5. The smallest absolute Gasteiger partial charge is 0.325 e. The summed E-state index contributed by atoms with van der Waals surface area (Å²) in [7, 11) is 0. The van der Waals surface area contributed by atoms with E-state index in [1.807, 2.05) is 0 Å². The lowest BCUT2D eigenvalue weighted by Crippen LogP contribution is -2.39. The number of nitrogens with one attached hydrogen (secondary N) is 1. The Hall–Kier alpha value is -2.38. The summed E-state index contributed by atoms with van der Waals surface area (Å²) in [6.07, 6.45) is -9.16. The molecule has 0 saturated carbocycles. The van der Waals surface area contributed by atoms with Crippen molar-refractivity contribution >= 4 is 81.7 Å². The number of nitrogens with two attached hydrogens (primary N) is 2. The first-order valence-electron chi connectivity index (χ1n) is 13.1. The van der Waals surface area contributed by atoms with Crippen LogP contribution in [0, 0.1) is 0 Å². The molecule has 3 aliphatic heterocycles. The maximum Gasteiger partial charge on any atom is 0.325 e. The number of nitrogen functional groups attached to an aromatic ring is 2. The molecular weight excluding hydrogens is 716 g/mol. The van der Waals surface area contributed by atoms with Gasteiger partial charge >= 0.3 is 18.3 Å². The van der Waals surface area contributed by atoms with Gasteiger partial charge < -0.3 is 50.0 Å². The van der Waals surface area contributed by atoms with E-state index in [0.717, 1.165) is 22.2 Å². The molecule has 3 aliphatic rings. The van der Waals surface area contributed by atoms with Gasteiger partial charge in [0.2, 0.25) is 5.95 Å². The number of fused-ring (bicyclic) bond motifs is 4. The minimum Gasteiger partial charge on any atom is -0.386 e. The Morgan fingerprint density at radius 2 is 1.54 bits per heavy atom. The SMILES string of the molecule is Nc1nc2c(ncn2[C@@H]2O[C@@H]3COP(O)(=S)O[C@H]4[C@@H](O)[C@H](n5c(=O)sc6c(N)ncnc65)O[C@@H]4COP(O)(=S)O[C@H]3[C@H]2O)c(=O)[nH]1. The topological polar surface area (TPSA) is 300 Å². The molecule has 21 nitrogen and oxygen atoms in total. The predicted molar refractivity (Wildman–Crippen MR) is 163 cm³/mol. The molecule has 3 saturated heterocycles. The van der Waals surface area contributed by atoms with E-state index in [-0.39, 0.29) is 33.3 Å². The summed E-state index contributed by atoms with van der Waals surface area (Å²) in [5, 5.41) is 22.5. The van der Waals surface area contributed by atoms with E-state index in [1.165, 1.54) is 10.9 Å². The molecule has 4 aromatic rings. The number of aromatic nitrogens is 7. The second kappa shape index (κ2) is 11.6. The molecule has 7 rings (SSSR count). The molecule has 46 heavy (non-hydrogen) atoms. The van der Waals surface area contributed by atoms with E-state index >= 15 is 0 Å². The van der Waals surface area contributed by atoms with Crippen molar-refractivity contribution in [2.24, 2.45) is 0 Å². The first kappa shape index (κ1) is 32.2. The summed E-state index contributed by atoms with van der Waals surface area (Å²) in [6, 6.07) is 0. The number of H-pyrrole nitrogens is 1. The highest BCUT2D eigenvalue weighted by molar-refractivity contribution is 8.07. The van der Waals surface area contributed by atoms with Crippen molar-refractivity contribution in [1.29, 1.82) is 0 Å². The first-order valence-corrected chi connectivity index (χ1v) is 19.1. The normalized spacial score (nSPS) is 37.1. The number of hydrogen-bond acceptors (Lipinski definition) is 19. The number of aliphatic hydroxyl groups is 2. The second-order valence-corrected chi connectivity index (χ2v) is 16.7. The quantitative estimate of drug-likeness (QED) is 0.109. The van der Waals surface area contributed by atoms with Crippen molar-refractivity contribution in [2.75, 3.05) is 24.7 Å². The van der Waals surface area contributed by atoms with E-state index in [9.17, 15) is 29.6 Å². The molecule has 0 radical (unpaired) electrons. The minimum atomic E-state index is -4.23. The third kappa shape index (κ3) is 5.61. The van der Waals surface area contributed by atoms with Crippen LogP contribution in [0.15, 0.2) is 22.2 Å². The van der Waals surface area contributed by atoms with Crippen LogP contribution in [-0.2, 0) is 51.2 Å². The van der Waals surface area contributed by atoms with Crippen LogP contribution < -0.4 is 21.9 Å². The Balaban J connectivity index is 1.18. The summed E-state index contributed by atoms with van der Waals surface area (Å²) >= 11 is 11.1. The lowest BCUT2D eigenvalue weighted by molar-refractivity contribution is -0.0595. The molecule has 4 aromatic heterocycles. The van der Waals surface area contributed by atoms with Crippen molar-refractivity contribution in [3.05, 3.63) is 32.7 Å². The van der Waals surface area contributed by atoms with Crippen molar-refractivity contribution in [3.8, 4) is 0 Å². The monoisotopic (exact) mass is 739 g/mol. The molecule has 0 aromatic carbocycles. The van der Waals surface area contributed by atoms with Gasteiger partial charge in [-0.3, -0.25) is 32.8 Å². The fourth-order valence-corrected chi connectivity index (χ4v) is 9.09. The Kier molecular flexibility index (Phi) is 8.15. The number of ether oxygens (including phenoxy) is 2. The summed E-state index contributed by atoms with van der Waals surface area (Å²) in [4.78, 5) is 64.9. The molecule has 7 heterocycles. The van der Waals surface area contributed by atoms with E-state index in [0.29, 0.717) is 0 Å². The Morgan fingerprint density at radius 1 is 0.935 bits per heavy atom. The van der Waals surface area contributed by atoms with Crippen LogP contribution in [0.1, 0.15) is 12.5 Å². The maximum absolute atomic E-state index is 12.9. The van der Waals surface area contributed by atoms with Gasteiger partial charge in [-0.1, -0.05) is 11.3 Å². The zero-order chi connectivity index (χ0) is 32.7. The van der Waals surface area contributed by atoms with Gasteiger partial charge in [0, 0.05) is 0 Å². The summed E-state index contributed by atoms with van der Waals surface area (Å²) in [6.45, 7) is -9.63. The molecule has 0 amide bonds. The summed E-state index contributed by atoms with van der Waals surface area (Å²) < 4.78 is 36.8. The third-order valence-electron chi connectivity index (χ3n) is 7.34. The van der Waals surface area contributed by atoms with Crippen LogP contribution in [-0.4, -0.2) is 104 Å². The lowest BCUT2D eigenvalue weighted by atomic mass is 10.1. The maximum atomic E-state index is 12.9. The molecule has 26 heteroatoms. The average Bonchev–Trinajstić information content (AvgIpc) is 3.70. The van der Waals surface area contributed by atoms with Gasteiger partial charge in [0.25, 0.3) is 5.56 Å². The minimum absolute atomic E-state index is 0.0287. The zero-order valence-electron chi connectivity index (χ0n) is 22.7. The number of thiazole rings is 1. The van der Waals surface area contributed by atoms with Crippen molar-refractivity contribution in [2.45, 2.75) is 49.1 Å². The van der Waals surface area contributed by atoms with E-state index in [1.54, 1.807) is 0 Å². The van der Waals surface area contributed by atoms with Crippen LogP contribution in [0.3, 0.4) is 0 Å². The molecule has 248 valence electrons. The van der Waals surface area contributed by atoms with Crippen molar-refractivity contribution in [1.82, 2.24) is 34.1 Å². The van der Waals surface area contributed by atoms with Crippen LogP contribution in [0.4, 0.5) is 11.8 Å². The molecule has 2 unspecified atom stereocenters. The standard InChI is InChI=1S/C20H23N9O12P2S3/c21-13-12-15(24-3-23-13)29(20(33)46-12)18-9(31)11-6(39-18)2-37-42(34,44)40-10-5(1-36-43(35,45)41-11)38-17(8(10)30)28-4-25-7-14(28)26-19(22)27-16(7)32/h3-6,8-11,17-18,30-31H,1-2H2,(H,34,44)(H,35,45)(H2,21,23,24)(H3,22,26,27,32)/t5-,6-,8-,9-,10-,11-,17-,18-,42?,43?/m1/s1. The number of nitrogens with zero attached hydrogens (tertiary/aromatic N) is 6. The first-order chi connectivity index (χ1) is 21.7. The fourth-order valence-electron chi connectivity index (χ4n) is 5.34. The fraction of sp³-hybridized carbons (Fsp3) is 0.500. The molecule has 0 aliphatic carbocycles. The molecule has 10 atom stereocenters. The second-order valence-electron chi connectivity index (χ2n) is 10.2. The average molecular weight is 740 g/mol. The van der Waals surface area contributed by atoms with E-state index in [4.69, 9.17) is 62.6 Å². The number of imidazole rings is 1. The lowest BCUT2D eigenvalue weighted by Gasteiger charge is -2.30. The number of anilines is 2. The van der Waals surface area contributed by atoms with Crippen molar-refractivity contribution < 1.29 is 47.6 Å². The van der Waals surface area contributed by atoms with Crippen LogP contribution in [0.25, 0.3) is 21.5 Å². The predicted octanol–water partition coefficient (Wildman–Crippen LogP) is -2.08. The van der Waals surface area contributed by atoms with Gasteiger partial charge in [0.15, 0.2) is 29.3 Å². The number of aromatic amines is 1. The number of aliphatic hydroxyl groups excluding tert-OH is 2. The molecular formula is C20H23N9O12P2S3. The van der Waals surface area contributed by atoms with E-state index < -0.39 is 86.2 Å². The van der Waals surface area contributed by atoms with Crippen LogP contribution in [0.2, 0.25) is 0 Å². The summed E-state index contributed by atoms with van der Waals surface area (Å²) in [5.41, 5.74) is 10.9. The Bertz CT molecular complexity index is 2060. The number of hydrogen-bond donors (Lipinski definition) is 7. The largest absolute Gasteiger partial charge is 0.386 e. The van der Waals surface area contributed by atoms with Gasteiger partial charge in [-0.05, 0) is 23.6 Å². The summed E-state index contributed by atoms with van der Waals surface area (Å²) in [5.74, 6) is -0.184. The van der Waals surface area contributed by atoms with Gasteiger partial charge in [-0.25, -0.2) is 15.0 Å². The van der Waals surface area contributed by atoms with Gasteiger partial charge in [0.1, 0.15) is 53.5 Å². The molecule has 0 bridgehead atoms. The van der Waals surface area contributed by atoms with Gasteiger partial charge in [0.05, 0.1) is 19.5 Å². The Morgan fingerprint density at radius 3 is 2.20 bits per heavy atom. The molecule has 3 fully saturated rings. The third-order valence-corrected chi connectivity index (χ3v) is 11.4. The van der Waals surface area contributed by atoms with Crippen molar-refractivity contribution in [3.63, 3.8) is 0 Å².